The van der Waals surface area contributed by atoms with Crippen molar-refractivity contribution in [2.24, 2.45) is 0 Å². The number of sulfone groups is 1. The molecule has 6 nitrogen and oxygen atoms in total. The number of hydrogen-bond acceptors (Lipinski definition) is 5. The second-order valence-corrected chi connectivity index (χ2v) is 8.38. The number of anilines is 1. The molecule has 1 N–H and O–H groups in total. The van der Waals surface area contributed by atoms with E-state index in [2.05, 4.69) is 21.2 Å². The predicted molar refractivity (Wildman–Crippen MR) is 97.6 cm³/mol. The van der Waals surface area contributed by atoms with Gasteiger partial charge in [-0.25, -0.2) is 13.2 Å². The molecule has 0 aromatic heterocycles. The third-order valence-electron chi connectivity index (χ3n) is 3.05. The Morgan fingerprint density at radius 2 is 1.80 bits per heavy atom. The van der Waals surface area contributed by atoms with E-state index in [0.717, 1.165) is 16.8 Å². The van der Waals surface area contributed by atoms with Gasteiger partial charge in [-0.2, -0.15) is 0 Å². The molecule has 2 rings (SSSR count). The zero-order chi connectivity index (χ0) is 18.6. The molecule has 0 aliphatic carbocycles. The van der Waals surface area contributed by atoms with Gasteiger partial charge in [0.2, 0.25) is 0 Å². The zero-order valence-corrected chi connectivity index (χ0v) is 16.1. The molecule has 2 aromatic rings. The Morgan fingerprint density at radius 3 is 2.40 bits per heavy atom. The van der Waals surface area contributed by atoms with Crippen LogP contribution >= 0.6 is 27.5 Å². The van der Waals surface area contributed by atoms with E-state index in [4.69, 9.17) is 16.3 Å². The van der Waals surface area contributed by atoms with Gasteiger partial charge < -0.3 is 10.1 Å². The quantitative estimate of drug-likeness (QED) is 0.712. The summed E-state index contributed by atoms with van der Waals surface area (Å²) < 4.78 is 28.9. The Morgan fingerprint density at radius 1 is 1.16 bits per heavy atom. The Balaban J connectivity index is 2.02. The average molecular weight is 447 g/mol. The molecule has 1 amide bonds. The van der Waals surface area contributed by atoms with Gasteiger partial charge in [-0.05, 0) is 42.5 Å². The molecule has 132 valence electrons. The van der Waals surface area contributed by atoms with Gasteiger partial charge in [-0.15, -0.1) is 0 Å². The third kappa shape index (κ3) is 5.55. The van der Waals surface area contributed by atoms with Gasteiger partial charge in [0.1, 0.15) is 0 Å². The normalized spacial score (nSPS) is 11.0. The van der Waals surface area contributed by atoms with Crippen LogP contribution in [0.1, 0.15) is 10.4 Å². The number of carbonyl (C=O) groups is 2. The molecule has 0 saturated carbocycles. The number of hydrogen-bond donors (Lipinski definition) is 1. The molecule has 0 spiro atoms. The van der Waals surface area contributed by atoms with E-state index in [1.807, 2.05) is 0 Å². The van der Waals surface area contributed by atoms with E-state index >= 15 is 0 Å². The number of amides is 1. The lowest BCUT2D eigenvalue weighted by atomic mass is 10.2. The number of nitrogens with one attached hydrogen (secondary N) is 1. The van der Waals surface area contributed by atoms with E-state index in [1.165, 1.54) is 12.1 Å². The number of esters is 1. The van der Waals surface area contributed by atoms with Gasteiger partial charge in [0.15, 0.2) is 16.4 Å². The Labute approximate surface area is 158 Å². The smallest absolute Gasteiger partial charge is 0.340 e. The zero-order valence-electron chi connectivity index (χ0n) is 13.0. The van der Waals surface area contributed by atoms with E-state index in [9.17, 15) is 18.0 Å². The summed E-state index contributed by atoms with van der Waals surface area (Å²) in [7, 11) is -3.50. The van der Waals surface area contributed by atoms with Crippen molar-refractivity contribution in [3.8, 4) is 0 Å². The van der Waals surface area contributed by atoms with Crippen molar-refractivity contribution in [1.82, 2.24) is 0 Å². The summed E-state index contributed by atoms with van der Waals surface area (Å²) in [6.45, 7) is -0.533. The van der Waals surface area contributed by atoms with E-state index in [-0.39, 0.29) is 15.5 Å². The minimum Gasteiger partial charge on any atom is -0.452 e. The molecule has 0 radical (unpaired) electrons. The molecule has 0 saturated heterocycles. The van der Waals surface area contributed by atoms with Crippen LogP contribution in [0.5, 0.6) is 0 Å². The molecule has 0 fully saturated rings. The molecule has 25 heavy (non-hydrogen) atoms. The fourth-order valence-corrected chi connectivity index (χ4v) is 2.94. The Kier molecular flexibility index (Phi) is 6.21. The number of ether oxygens (including phenoxy) is 1. The maximum absolute atomic E-state index is 12.1. The van der Waals surface area contributed by atoms with Crippen LogP contribution in [-0.4, -0.2) is 33.2 Å². The first-order valence-corrected chi connectivity index (χ1v) is 9.95. The second kappa shape index (κ2) is 7.99. The third-order valence-corrected chi connectivity index (χ3v) is 5.02. The molecule has 0 aliphatic rings. The van der Waals surface area contributed by atoms with Gasteiger partial charge in [-0.1, -0.05) is 27.5 Å². The Bertz CT molecular complexity index is 913. The molecular formula is C16H13BrClNO5S. The second-order valence-electron chi connectivity index (χ2n) is 5.05. The van der Waals surface area contributed by atoms with Crippen molar-refractivity contribution >= 4 is 54.9 Å². The molecule has 0 heterocycles. The van der Waals surface area contributed by atoms with Crippen molar-refractivity contribution in [3.63, 3.8) is 0 Å². The highest BCUT2D eigenvalue weighted by Crippen LogP contribution is 2.21. The summed E-state index contributed by atoms with van der Waals surface area (Å²) in [5.41, 5.74) is 0.419. The van der Waals surface area contributed by atoms with Crippen LogP contribution in [0.15, 0.2) is 51.8 Å². The van der Waals surface area contributed by atoms with Crippen molar-refractivity contribution in [1.29, 1.82) is 0 Å². The largest absolute Gasteiger partial charge is 0.452 e. The van der Waals surface area contributed by atoms with Gasteiger partial charge in [0, 0.05) is 16.4 Å². The van der Waals surface area contributed by atoms with Crippen molar-refractivity contribution < 1.29 is 22.7 Å². The number of rotatable bonds is 5. The topological polar surface area (TPSA) is 89.5 Å². The Hall–Kier alpha value is -1.90. The highest BCUT2D eigenvalue weighted by atomic mass is 79.9. The van der Waals surface area contributed by atoms with Gasteiger partial charge in [0.05, 0.1) is 15.5 Å². The molecular weight excluding hydrogens is 434 g/mol. The van der Waals surface area contributed by atoms with Gasteiger partial charge in [-0.3, -0.25) is 4.79 Å². The summed E-state index contributed by atoms with van der Waals surface area (Å²) in [6.07, 6.45) is 1.01. The van der Waals surface area contributed by atoms with E-state index < -0.39 is 28.3 Å². The maximum atomic E-state index is 12.1. The van der Waals surface area contributed by atoms with Crippen molar-refractivity contribution in [2.45, 2.75) is 4.90 Å². The summed E-state index contributed by atoms with van der Waals surface area (Å²) in [5.74, 6) is -1.42. The first kappa shape index (κ1) is 19.4. The van der Waals surface area contributed by atoms with Crippen molar-refractivity contribution in [3.05, 3.63) is 57.5 Å². The summed E-state index contributed by atoms with van der Waals surface area (Å²) in [4.78, 5) is 23.8. The molecule has 0 aliphatic heterocycles. The van der Waals surface area contributed by atoms with Crippen LogP contribution in [0, 0.1) is 0 Å². The summed E-state index contributed by atoms with van der Waals surface area (Å²) in [6, 6.07) is 10.5. The molecule has 0 atom stereocenters. The van der Waals surface area contributed by atoms with Crippen LogP contribution in [0.25, 0.3) is 0 Å². The van der Waals surface area contributed by atoms with Crippen LogP contribution in [0.2, 0.25) is 5.02 Å². The molecule has 0 unspecified atom stereocenters. The fraction of sp³-hybridized carbons (Fsp3) is 0.125. The van der Waals surface area contributed by atoms with Crippen LogP contribution in [-0.2, 0) is 19.4 Å². The van der Waals surface area contributed by atoms with E-state index in [0.29, 0.717) is 5.69 Å². The summed E-state index contributed by atoms with van der Waals surface area (Å²) in [5, 5.41) is 2.59. The van der Waals surface area contributed by atoms with Crippen LogP contribution < -0.4 is 5.32 Å². The molecule has 2 aromatic carbocycles. The van der Waals surface area contributed by atoms with E-state index in [1.54, 1.807) is 24.3 Å². The minimum atomic E-state index is -3.50. The van der Waals surface area contributed by atoms with Gasteiger partial charge in [0.25, 0.3) is 5.91 Å². The lowest BCUT2D eigenvalue weighted by molar-refractivity contribution is -0.119. The maximum Gasteiger partial charge on any atom is 0.340 e. The predicted octanol–water partition coefficient (Wildman–Crippen LogP) is 3.30. The fourth-order valence-electron chi connectivity index (χ4n) is 1.83. The standard InChI is InChI=1S/C16H13BrClNO5S/c1-25(22,23)12-6-7-14(18)13(8-12)16(21)24-9-15(20)19-11-4-2-10(17)3-5-11/h2-8H,9H2,1H3,(H,19,20). The van der Waals surface area contributed by atoms with Gasteiger partial charge >= 0.3 is 5.97 Å². The highest BCUT2D eigenvalue weighted by Gasteiger charge is 2.17. The molecule has 0 bridgehead atoms. The SMILES string of the molecule is CS(=O)(=O)c1ccc(Cl)c(C(=O)OCC(=O)Nc2ccc(Br)cc2)c1. The minimum absolute atomic E-state index is 0.0331. The average Bonchev–Trinajstić information content (AvgIpc) is 2.54. The highest BCUT2D eigenvalue weighted by molar-refractivity contribution is 9.10. The lowest BCUT2D eigenvalue weighted by Crippen LogP contribution is -2.21. The first-order valence-electron chi connectivity index (χ1n) is 6.89. The van der Waals surface area contributed by atoms with Crippen LogP contribution in [0.3, 0.4) is 0 Å². The first-order chi connectivity index (χ1) is 11.7. The number of carbonyl (C=O) groups excluding carboxylic acids is 2. The summed E-state index contributed by atoms with van der Waals surface area (Å²) >= 11 is 9.18. The van der Waals surface area contributed by atoms with Crippen molar-refractivity contribution in [2.75, 3.05) is 18.2 Å². The van der Waals surface area contributed by atoms with Crippen LogP contribution in [0.4, 0.5) is 5.69 Å². The lowest BCUT2D eigenvalue weighted by Gasteiger charge is -2.08. The molecule has 9 heteroatoms. The number of benzene rings is 2. The monoisotopic (exact) mass is 445 g/mol. The number of halogens is 2.